The Morgan fingerprint density at radius 2 is 1.80 bits per heavy atom. The summed E-state index contributed by atoms with van der Waals surface area (Å²) >= 11 is 0. The number of methoxy groups -OCH3 is 1. The average Bonchev–Trinajstić information content (AvgIpc) is 3.08. The number of aryl methyl sites for hydroxylation is 1. The van der Waals surface area contributed by atoms with E-state index in [0.29, 0.717) is 17.4 Å². The lowest BCUT2D eigenvalue weighted by molar-refractivity contribution is -0.137. The summed E-state index contributed by atoms with van der Waals surface area (Å²) in [5.74, 6) is 0.552. The van der Waals surface area contributed by atoms with Crippen LogP contribution < -0.4 is 20.3 Å². The second kappa shape index (κ2) is 13.8. The Labute approximate surface area is 283 Å². The molecule has 0 saturated carbocycles. The molecule has 5 aromatic rings. The number of nitrogens with one attached hydrogen (secondary N) is 2. The number of aliphatic hydroxyl groups is 1. The minimum absolute atomic E-state index is 0.0815. The summed E-state index contributed by atoms with van der Waals surface area (Å²) in [7, 11) is 1.62. The van der Waals surface area contributed by atoms with Crippen LogP contribution in [0, 0.1) is 6.92 Å². The highest BCUT2D eigenvalue weighted by Crippen LogP contribution is 2.36. The Morgan fingerprint density at radius 1 is 1.02 bits per heavy atom. The molecule has 1 aromatic heterocycles. The van der Waals surface area contributed by atoms with E-state index in [0.717, 1.165) is 82.6 Å². The summed E-state index contributed by atoms with van der Waals surface area (Å²) in [4.78, 5) is 24.7. The van der Waals surface area contributed by atoms with Gasteiger partial charge in [0.25, 0.3) is 5.91 Å². The number of aromatic nitrogens is 2. The fourth-order valence-electron chi connectivity index (χ4n) is 6.11. The molecule has 6 rings (SSSR count). The first-order valence-corrected chi connectivity index (χ1v) is 16.2. The largest absolute Gasteiger partial charge is 0.495 e. The minimum atomic E-state index is -4.55. The number of carbonyl (C=O) groups is 1. The maximum atomic E-state index is 13.2. The third-order valence-electron chi connectivity index (χ3n) is 8.85. The molecule has 1 amide bonds. The van der Waals surface area contributed by atoms with Crippen LogP contribution in [0.3, 0.4) is 0 Å². The van der Waals surface area contributed by atoms with Gasteiger partial charge in [0, 0.05) is 41.6 Å². The summed E-state index contributed by atoms with van der Waals surface area (Å²) < 4.78 is 45.3. The number of halogens is 3. The smallest absolute Gasteiger partial charge is 0.416 e. The fourth-order valence-corrected chi connectivity index (χ4v) is 6.11. The van der Waals surface area contributed by atoms with Crippen LogP contribution in [-0.4, -0.2) is 47.3 Å². The van der Waals surface area contributed by atoms with Crippen molar-refractivity contribution in [1.29, 1.82) is 0 Å². The van der Waals surface area contributed by atoms with Crippen molar-refractivity contribution < 1.29 is 27.8 Å². The Kier molecular flexibility index (Phi) is 9.47. The monoisotopic (exact) mass is 669 g/mol. The lowest BCUT2D eigenvalue weighted by atomic mass is 9.92. The van der Waals surface area contributed by atoms with Gasteiger partial charge >= 0.3 is 6.18 Å². The minimum Gasteiger partial charge on any atom is -0.495 e. The molecule has 0 atom stereocenters. The fraction of sp³-hybridized carbons (Fsp3) is 0.289. The quantitative estimate of drug-likeness (QED) is 0.152. The van der Waals surface area contributed by atoms with Crippen molar-refractivity contribution in [3.8, 4) is 16.9 Å². The maximum absolute atomic E-state index is 13.2. The highest BCUT2D eigenvalue weighted by molar-refractivity contribution is 6.04. The van der Waals surface area contributed by atoms with Crippen LogP contribution >= 0.6 is 0 Å². The number of aliphatic hydroxyl groups excluding tert-OH is 1. The topological polar surface area (TPSA) is 99.6 Å². The normalized spacial score (nSPS) is 13.9. The van der Waals surface area contributed by atoms with Crippen molar-refractivity contribution in [2.24, 2.45) is 0 Å². The number of amides is 1. The van der Waals surface area contributed by atoms with E-state index >= 15 is 0 Å². The highest BCUT2D eigenvalue weighted by atomic mass is 19.4. The second-order valence-corrected chi connectivity index (χ2v) is 12.6. The number of rotatable bonds is 8. The Morgan fingerprint density at radius 3 is 2.51 bits per heavy atom. The zero-order valence-corrected chi connectivity index (χ0v) is 27.7. The molecular weight excluding hydrogens is 631 g/mol. The van der Waals surface area contributed by atoms with E-state index in [9.17, 15) is 23.1 Å². The number of alkyl halides is 3. The molecule has 254 valence electrons. The molecule has 0 radical (unpaired) electrons. The zero-order valence-electron chi connectivity index (χ0n) is 27.7. The van der Waals surface area contributed by atoms with Crippen LogP contribution in [0.1, 0.15) is 59.7 Å². The number of benzene rings is 4. The van der Waals surface area contributed by atoms with Crippen molar-refractivity contribution in [2.45, 2.75) is 51.8 Å². The van der Waals surface area contributed by atoms with Crippen LogP contribution in [0.4, 0.5) is 36.2 Å². The molecule has 1 fully saturated rings. The number of hydrogen-bond donors (Lipinski definition) is 3. The number of carbonyl (C=O) groups excluding carboxylic acids is 1. The lowest BCUT2D eigenvalue weighted by Crippen LogP contribution is -2.35. The van der Waals surface area contributed by atoms with E-state index in [1.165, 1.54) is 12.1 Å². The van der Waals surface area contributed by atoms with Crippen molar-refractivity contribution in [1.82, 2.24) is 9.97 Å². The molecule has 1 aliphatic rings. The zero-order chi connectivity index (χ0) is 34.9. The predicted molar refractivity (Wildman–Crippen MR) is 187 cm³/mol. The first-order chi connectivity index (χ1) is 23.4. The summed E-state index contributed by atoms with van der Waals surface area (Å²) in [6, 6.07) is 19.8. The van der Waals surface area contributed by atoms with E-state index in [2.05, 4.69) is 40.4 Å². The Bertz CT molecular complexity index is 2010. The van der Waals surface area contributed by atoms with E-state index in [1.54, 1.807) is 19.4 Å². The number of ether oxygens (including phenoxy) is 1. The van der Waals surface area contributed by atoms with Gasteiger partial charge in [-0.2, -0.15) is 13.2 Å². The molecular formula is C38H38F3N5O3. The molecule has 2 heterocycles. The number of hydrogen-bond acceptors (Lipinski definition) is 7. The molecule has 1 saturated heterocycles. The van der Waals surface area contributed by atoms with Gasteiger partial charge < -0.3 is 25.4 Å². The first kappa shape index (κ1) is 33.7. The van der Waals surface area contributed by atoms with E-state index < -0.39 is 17.6 Å². The summed E-state index contributed by atoms with van der Waals surface area (Å²) in [6.45, 7) is 7.68. The van der Waals surface area contributed by atoms with Gasteiger partial charge in [-0.3, -0.25) is 4.79 Å². The summed E-state index contributed by atoms with van der Waals surface area (Å²) in [6.07, 6.45) is -1.59. The van der Waals surface area contributed by atoms with Gasteiger partial charge in [-0.15, -0.1) is 0 Å². The number of piperidine rings is 1. The third-order valence-corrected chi connectivity index (χ3v) is 8.85. The highest BCUT2D eigenvalue weighted by Gasteiger charge is 2.31. The second-order valence-electron chi connectivity index (χ2n) is 12.6. The van der Waals surface area contributed by atoms with Gasteiger partial charge in [-0.25, -0.2) is 9.97 Å². The molecule has 11 heteroatoms. The van der Waals surface area contributed by atoms with Crippen molar-refractivity contribution in [3.63, 3.8) is 0 Å². The molecule has 0 unspecified atom stereocenters. The van der Waals surface area contributed by atoms with Crippen LogP contribution in [0.5, 0.6) is 5.75 Å². The first-order valence-electron chi connectivity index (χ1n) is 16.2. The summed E-state index contributed by atoms with van der Waals surface area (Å²) in [5, 5.41) is 16.9. The molecule has 49 heavy (non-hydrogen) atoms. The van der Waals surface area contributed by atoms with Gasteiger partial charge in [0.15, 0.2) is 0 Å². The van der Waals surface area contributed by atoms with Crippen LogP contribution in [0.15, 0.2) is 79.0 Å². The third kappa shape index (κ3) is 7.46. The van der Waals surface area contributed by atoms with Crippen molar-refractivity contribution in [2.75, 3.05) is 35.7 Å². The van der Waals surface area contributed by atoms with E-state index in [4.69, 9.17) is 9.72 Å². The molecule has 0 spiro atoms. The van der Waals surface area contributed by atoms with Gasteiger partial charge in [0.2, 0.25) is 5.95 Å². The van der Waals surface area contributed by atoms with Crippen LogP contribution in [0.25, 0.3) is 22.0 Å². The lowest BCUT2D eigenvalue weighted by Gasteiger charge is -2.32. The van der Waals surface area contributed by atoms with Gasteiger partial charge in [-0.05, 0) is 109 Å². The number of nitrogens with zero attached hydrogens (tertiary/aromatic N) is 3. The van der Waals surface area contributed by atoms with Gasteiger partial charge in [0.1, 0.15) is 5.75 Å². The van der Waals surface area contributed by atoms with Gasteiger partial charge in [-0.1, -0.05) is 26.0 Å². The Balaban J connectivity index is 1.30. The Hall–Kier alpha value is -5.16. The molecule has 0 aliphatic carbocycles. The molecule has 8 nitrogen and oxygen atoms in total. The van der Waals surface area contributed by atoms with Crippen LogP contribution in [-0.2, 0) is 6.18 Å². The SMILES string of the molecule is COc1ccc(N2CCC(O)CC2)cc1Nc1ncc2cc(-c3cc(NC(=O)c4cccc(C(F)(F)F)c4)ccc3C)cc(C(C)C)c2n1. The molecule has 4 aromatic carbocycles. The van der Waals surface area contributed by atoms with Crippen LogP contribution in [0.2, 0.25) is 0 Å². The molecule has 3 N–H and O–H groups in total. The van der Waals surface area contributed by atoms with Gasteiger partial charge in [0.05, 0.1) is 30.0 Å². The summed E-state index contributed by atoms with van der Waals surface area (Å²) in [5.41, 5.74) is 5.76. The molecule has 0 bridgehead atoms. The standard InChI is InChI=1S/C38H38F3N5O3/c1-22(2)31-18-25(32-19-28(9-8-23(32)3)43-36(48)24-6-5-7-27(17-24)38(39,40)41)16-26-21-42-37(45-35(26)31)44-33-20-29(10-11-34(33)49-4)46-14-12-30(47)13-15-46/h5-11,16-22,30,47H,12-15H2,1-4H3,(H,43,48)(H,42,44,45). The number of fused-ring (bicyclic) bond motifs is 1. The number of anilines is 4. The van der Waals surface area contributed by atoms with E-state index in [-0.39, 0.29) is 17.6 Å². The predicted octanol–water partition coefficient (Wildman–Crippen LogP) is 8.71. The molecule has 1 aliphatic heterocycles. The van der Waals surface area contributed by atoms with Crippen molar-refractivity contribution >= 4 is 39.8 Å². The maximum Gasteiger partial charge on any atom is 0.416 e. The average molecular weight is 670 g/mol. The van der Waals surface area contributed by atoms with E-state index in [1.807, 2.05) is 43.3 Å². The van der Waals surface area contributed by atoms with Crippen molar-refractivity contribution in [3.05, 3.63) is 101 Å².